The summed E-state index contributed by atoms with van der Waals surface area (Å²) < 4.78 is 1.99. The van der Waals surface area contributed by atoms with Crippen molar-refractivity contribution in [1.82, 2.24) is 25.3 Å². The summed E-state index contributed by atoms with van der Waals surface area (Å²) in [5.41, 5.74) is 1.21. The quantitative estimate of drug-likeness (QED) is 0.270. The van der Waals surface area contributed by atoms with Crippen LogP contribution in [-0.2, 0) is 6.54 Å². The third-order valence-corrected chi connectivity index (χ3v) is 4.39. The van der Waals surface area contributed by atoms with Crippen LogP contribution in [0.2, 0.25) is 0 Å². The lowest BCUT2D eigenvalue weighted by atomic mass is 10.1. The van der Waals surface area contributed by atoms with Crippen molar-refractivity contribution < 1.29 is 0 Å². The van der Waals surface area contributed by atoms with Gasteiger partial charge in [0, 0.05) is 45.0 Å². The van der Waals surface area contributed by atoms with Crippen LogP contribution in [0, 0.1) is 6.92 Å². The highest BCUT2D eigenvalue weighted by Crippen LogP contribution is 2.10. The van der Waals surface area contributed by atoms with Gasteiger partial charge >= 0.3 is 0 Å². The van der Waals surface area contributed by atoms with Gasteiger partial charge in [-0.1, -0.05) is 6.92 Å². The fourth-order valence-corrected chi connectivity index (χ4v) is 3.14. The van der Waals surface area contributed by atoms with Crippen molar-refractivity contribution in [2.45, 2.75) is 59.0 Å². The Labute approximate surface area is 169 Å². The van der Waals surface area contributed by atoms with Gasteiger partial charge in [-0.15, -0.1) is 24.0 Å². The third-order valence-electron chi connectivity index (χ3n) is 4.39. The van der Waals surface area contributed by atoms with Gasteiger partial charge in [-0.25, -0.2) is 0 Å². The Bertz CT molecular complexity index is 494. The monoisotopic (exact) mass is 462 g/mol. The average Bonchev–Trinajstić information content (AvgIpc) is 2.99. The largest absolute Gasteiger partial charge is 0.357 e. The van der Waals surface area contributed by atoms with E-state index in [2.05, 4.69) is 47.6 Å². The minimum absolute atomic E-state index is 0. The van der Waals surface area contributed by atoms with Gasteiger partial charge in [0.25, 0.3) is 0 Å². The van der Waals surface area contributed by atoms with E-state index in [1.807, 2.05) is 10.9 Å². The Morgan fingerprint density at radius 3 is 2.64 bits per heavy atom. The second-order valence-corrected chi connectivity index (χ2v) is 6.66. The van der Waals surface area contributed by atoms with Crippen LogP contribution in [0.3, 0.4) is 0 Å². The summed E-state index contributed by atoms with van der Waals surface area (Å²) >= 11 is 0. The molecule has 0 saturated carbocycles. The Balaban J connectivity index is 0.00000312. The molecule has 1 aliphatic rings. The van der Waals surface area contributed by atoms with Crippen LogP contribution in [0.25, 0.3) is 0 Å². The molecule has 25 heavy (non-hydrogen) atoms. The number of nitrogens with one attached hydrogen (secondary N) is 2. The van der Waals surface area contributed by atoms with E-state index < -0.39 is 0 Å². The van der Waals surface area contributed by atoms with Crippen LogP contribution in [0.4, 0.5) is 0 Å². The van der Waals surface area contributed by atoms with Crippen LogP contribution in [0.15, 0.2) is 17.4 Å². The molecule has 1 aromatic rings. The number of piperidine rings is 1. The number of hydrogen-bond donors (Lipinski definition) is 2. The van der Waals surface area contributed by atoms with Crippen molar-refractivity contribution in [3.8, 4) is 0 Å². The maximum Gasteiger partial charge on any atom is 0.191 e. The zero-order chi connectivity index (χ0) is 17.2. The summed E-state index contributed by atoms with van der Waals surface area (Å²) in [6.45, 7) is 12.7. The SMILES string of the molecule is CCCN1CCC(NC(=NCCCn2cc(C)cn2)NCC)CC1.I. The molecule has 6 nitrogen and oxygen atoms in total. The Kier molecular flexibility index (Phi) is 11.1. The number of hydrogen-bond acceptors (Lipinski definition) is 3. The van der Waals surface area contributed by atoms with E-state index in [4.69, 9.17) is 4.99 Å². The number of guanidine groups is 1. The number of likely N-dealkylation sites (tertiary alicyclic amines) is 1. The summed E-state index contributed by atoms with van der Waals surface area (Å²) in [7, 11) is 0. The van der Waals surface area contributed by atoms with Crippen LogP contribution >= 0.6 is 24.0 Å². The molecule has 144 valence electrons. The lowest BCUT2D eigenvalue weighted by Gasteiger charge is -2.32. The molecule has 0 atom stereocenters. The topological polar surface area (TPSA) is 57.5 Å². The highest BCUT2D eigenvalue weighted by molar-refractivity contribution is 14.0. The Hall–Kier alpha value is -0.830. The lowest BCUT2D eigenvalue weighted by molar-refractivity contribution is 0.206. The molecule has 2 rings (SSSR count). The first kappa shape index (κ1) is 22.2. The maximum absolute atomic E-state index is 4.72. The number of nitrogens with zero attached hydrogens (tertiary/aromatic N) is 4. The fraction of sp³-hybridized carbons (Fsp3) is 0.778. The second kappa shape index (κ2) is 12.5. The van der Waals surface area contributed by atoms with Crippen LogP contribution in [0.1, 0.15) is 45.1 Å². The molecule has 0 spiro atoms. The van der Waals surface area contributed by atoms with Gasteiger partial charge in [-0.3, -0.25) is 9.67 Å². The molecule has 1 saturated heterocycles. The van der Waals surface area contributed by atoms with Crippen molar-refractivity contribution in [2.24, 2.45) is 4.99 Å². The Morgan fingerprint density at radius 1 is 1.28 bits per heavy atom. The van der Waals surface area contributed by atoms with Gasteiger partial charge in [0.1, 0.15) is 0 Å². The predicted octanol–water partition coefficient (Wildman–Crippen LogP) is 2.63. The van der Waals surface area contributed by atoms with Gasteiger partial charge in [-0.05, 0) is 51.6 Å². The van der Waals surface area contributed by atoms with E-state index in [1.165, 1.54) is 44.5 Å². The fourth-order valence-electron chi connectivity index (χ4n) is 3.14. The smallest absolute Gasteiger partial charge is 0.191 e. The van der Waals surface area contributed by atoms with Crippen molar-refractivity contribution in [2.75, 3.05) is 32.7 Å². The summed E-state index contributed by atoms with van der Waals surface area (Å²) in [4.78, 5) is 7.29. The summed E-state index contributed by atoms with van der Waals surface area (Å²) in [6, 6.07) is 0.546. The van der Waals surface area contributed by atoms with E-state index in [0.717, 1.165) is 32.0 Å². The number of halogens is 1. The first-order chi connectivity index (χ1) is 11.7. The van der Waals surface area contributed by atoms with E-state index in [1.54, 1.807) is 0 Å². The molecule has 1 aromatic heterocycles. The van der Waals surface area contributed by atoms with Gasteiger partial charge in [0.2, 0.25) is 0 Å². The molecular weight excluding hydrogens is 427 g/mol. The van der Waals surface area contributed by atoms with E-state index in [0.29, 0.717) is 6.04 Å². The van der Waals surface area contributed by atoms with Crippen molar-refractivity contribution >= 4 is 29.9 Å². The highest BCUT2D eigenvalue weighted by Gasteiger charge is 2.19. The first-order valence-electron chi connectivity index (χ1n) is 9.47. The molecule has 0 bridgehead atoms. The number of rotatable bonds is 8. The van der Waals surface area contributed by atoms with Crippen LogP contribution in [0.5, 0.6) is 0 Å². The minimum Gasteiger partial charge on any atom is -0.357 e. The van der Waals surface area contributed by atoms with E-state index in [-0.39, 0.29) is 24.0 Å². The predicted molar refractivity (Wildman–Crippen MR) is 116 cm³/mol. The van der Waals surface area contributed by atoms with Gasteiger partial charge < -0.3 is 15.5 Å². The van der Waals surface area contributed by atoms with Gasteiger partial charge in [-0.2, -0.15) is 5.10 Å². The molecule has 2 heterocycles. The van der Waals surface area contributed by atoms with Crippen LogP contribution < -0.4 is 10.6 Å². The molecule has 1 fully saturated rings. The van der Waals surface area contributed by atoms with Gasteiger partial charge in [0.05, 0.1) is 6.20 Å². The number of aryl methyl sites for hydroxylation is 2. The van der Waals surface area contributed by atoms with E-state index >= 15 is 0 Å². The highest BCUT2D eigenvalue weighted by atomic mass is 127. The molecule has 2 N–H and O–H groups in total. The maximum atomic E-state index is 4.72. The molecule has 0 aliphatic carbocycles. The van der Waals surface area contributed by atoms with Crippen LogP contribution in [-0.4, -0.2) is 59.4 Å². The zero-order valence-corrected chi connectivity index (χ0v) is 18.3. The molecule has 0 amide bonds. The van der Waals surface area contributed by atoms with E-state index in [9.17, 15) is 0 Å². The molecule has 0 radical (unpaired) electrons. The van der Waals surface area contributed by atoms with Crippen molar-refractivity contribution in [3.05, 3.63) is 18.0 Å². The molecular formula is C18H35IN6. The lowest BCUT2D eigenvalue weighted by Crippen LogP contribution is -2.48. The standard InChI is InChI=1S/C18H34N6.HI/c1-4-10-23-12-7-17(8-13-23)22-18(19-5-2)20-9-6-11-24-15-16(3)14-21-24;/h14-15,17H,4-13H2,1-3H3,(H2,19,20,22);1H. The first-order valence-corrected chi connectivity index (χ1v) is 9.47. The average molecular weight is 462 g/mol. The molecule has 0 unspecified atom stereocenters. The van der Waals surface area contributed by atoms with Crippen molar-refractivity contribution in [3.63, 3.8) is 0 Å². The zero-order valence-electron chi connectivity index (χ0n) is 16.0. The second-order valence-electron chi connectivity index (χ2n) is 6.66. The minimum atomic E-state index is 0. The molecule has 0 aromatic carbocycles. The number of aliphatic imine (C=N–C) groups is 1. The Morgan fingerprint density at radius 2 is 2.04 bits per heavy atom. The van der Waals surface area contributed by atoms with Crippen molar-refractivity contribution in [1.29, 1.82) is 0 Å². The third kappa shape index (κ3) is 8.40. The molecule has 7 heteroatoms. The van der Waals surface area contributed by atoms with Gasteiger partial charge in [0.15, 0.2) is 5.96 Å². The normalized spacial score (nSPS) is 16.5. The summed E-state index contributed by atoms with van der Waals surface area (Å²) in [5, 5.41) is 11.3. The summed E-state index contributed by atoms with van der Waals surface area (Å²) in [5.74, 6) is 0.961. The number of aromatic nitrogens is 2. The molecule has 1 aliphatic heterocycles. The summed E-state index contributed by atoms with van der Waals surface area (Å²) in [6.07, 6.45) is 8.65.